The van der Waals surface area contributed by atoms with Crippen LogP contribution in [0, 0.1) is 29.6 Å². The third-order valence-electron chi connectivity index (χ3n) is 5.54. The lowest BCUT2D eigenvalue weighted by atomic mass is 10.0. The summed E-state index contributed by atoms with van der Waals surface area (Å²) < 4.78 is 5.12. The van der Waals surface area contributed by atoms with E-state index in [2.05, 4.69) is 5.32 Å². The molecule has 3 N–H and O–H groups in total. The van der Waals surface area contributed by atoms with E-state index < -0.39 is 0 Å². The van der Waals surface area contributed by atoms with Gasteiger partial charge in [0.05, 0.1) is 12.8 Å². The van der Waals surface area contributed by atoms with Gasteiger partial charge in [-0.15, -0.1) is 0 Å². The highest BCUT2D eigenvalue weighted by molar-refractivity contribution is 5.95. The van der Waals surface area contributed by atoms with Gasteiger partial charge in [0.25, 0.3) is 0 Å². The van der Waals surface area contributed by atoms with E-state index in [-0.39, 0.29) is 11.8 Å². The normalized spacial score (nSPS) is 36.5. The van der Waals surface area contributed by atoms with Crippen LogP contribution < -0.4 is 15.8 Å². The number of ether oxygens (including phenoxy) is 1. The van der Waals surface area contributed by atoms with Gasteiger partial charge in [-0.05, 0) is 61.1 Å². The molecule has 3 aliphatic rings. The molecule has 106 valence electrons. The summed E-state index contributed by atoms with van der Waals surface area (Å²) >= 11 is 0. The highest BCUT2D eigenvalue weighted by atomic mass is 16.5. The Morgan fingerprint density at radius 2 is 2.00 bits per heavy atom. The Labute approximate surface area is 118 Å². The Morgan fingerprint density at radius 3 is 2.60 bits per heavy atom. The standard InChI is InChI=1S/C16H20N2O2/c1-20-12-5-4-10(7-11(12)17)18-16(19)15-13-8-2-3-9(6-8)14(13)15/h4-5,7-9,13-15H,2-3,6,17H2,1H3,(H,18,19). The molecule has 3 saturated carbocycles. The first-order chi connectivity index (χ1) is 9.69. The maximum Gasteiger partial charge on any atom is 0.228 e. The van der Waals surface area contributed by atoms with Crippen LogP contribution in [0.1, 0.15) is 19.3 Å². The van der Waals surface area contributed by atoms with Gasteiger partial charge in [-0.3, -0.25) is 4.79 Å². The van der Waals surface area contributed by atoms with Crippen molar-refractivity contribution in [2.75, 3.05) is 18.2 Å². The topological polar surface area (TPSA) is 64.3 Å². The number of benzene rings is 1. The summed E-state index contributed by atoms with van der Waals surface area (Å²) in [4.78, 5) is 12.4. The summed E-state index contributed by atoms with van der Waals surface area (Å²) in [6.45, 7) is 0. The number of fused-ring (bicyclic) bond motifs is 5. The van der Waals surface area contributed by atoms with Crippen molar-refractivity contribution in [3.05, 3.63) is 18.2 Å². The van der Waals surface area contributed by atoms with Crippen molar-refractivity contribution < 1.29 is 9.53 Å². The van der Waals surface area contributed by atoms with Crippen molar-refractivity contribution in [3.8, 4) is 5.75 Å². The molecule has 0 aromatic heterocycles. The number of anilines is 2. The number of nitrogens with one attached hydrogen (secondary N) is 1. The Kier molecular flexibility index (Phi) is 2.50. The van der Waals surface area contributed by atoms with Gasteiger partial charge in [-0.25, -0.2) is 0 Å². The molecule has 1 aromatic carbocycles. The first-order valence-electron chi connectivity index (χ1n) is 7.43. The summed E-state index contributed by atoms with van der Waals surface area (Å²) in [6.07, 6.45) is 4.05. The lowest BCUT2D eigenvalue weighted by Gasteiger charge is -2.11. The maximum absolute atomic E-state index is 12.4. The van der Waals surface area contributed by atoms with Crippen molar-refractivity contribution in [2.45, 2.75) is 19.3 Å². The Hall–Kier alpha value is -1.71. The second kappa shape index (κ2) is 4.14. The molecular weight excluding hydrogens is 252 g/mol. The molecule has 1 amide bonds. The number of carbonyl (C=O) groups excluding carboxylic acids is 1. The van der Waals surface area contributed by atoms with E-state index >= 15 is 0 Å². The highest BCUT2D eigenvalue weighted by Gasteiger charge is 2.67. The van der Waals surface area contributed by atoms with Crippen LogP contribution in [0.4, 0.5) is 11.4 Å². The fraction of sp³-hybridized carbons (Fsp3) is 0.562. The SMILES string of the molecule is COc1ccc(NC(=O)C2C3C4CCC(C4)C23)cc1N. The average Bonchev–Trinajstić information content (AvgIpc) is 2.88. The number of amides is 1. The van der Waals surface area contributed by atoms with Gasteiger partial charge in [0.15, 0.2) is 0 Å². The zero-order valence-corrected chi connectivity index (χ0v) is 11.6. The van der Waals surface area contributed by atoms with Crippen molar-refractivity contribution in [2.24, 2.45) is 29.6 Å². The third kappa shape index (κ3) is 1.63. The molecule has 0 aliphatic heterocycles. The summed E-state index contributed by atoms with van der Waals surface area (Å²) in [5.41, 5.74) is 7.19. The first kappa shape index (κ1) is 12.1. The summed E-state index contributed by atoms with van der Waals surface area (Å²) in [7, 11) is 1.59. The average molecular weight is 272 g/mol. The van der Waals surface area contributed by atoms with E-state index in [4.69, 9.17) is 10.5 Å². The molecule has 4 rings (SSSR count). The van der Waals surface area contributed by atoms with E-state index in [9.17, 15) is 4.79 Å². The molecule has 4 nitrogen and oxygen atoms in total. The number of hydrogen-bond acceptors (Lipinski definition) is 3. The minimum atomic E-state index is 0.182. The first-order valence-corrected chi connectivity index (χ1v) is 7.43. The largest absolute Gasteiger partial charge is 0.495 e. The van der Waals surface area contributed by atoms with Crippen LogP contribution in [-0.4, -0.2) is 13.0 Å². The Bertz CT molecular complexity index is 556. The number of rotatable bonds is 3. The smallest absolute Gasteiger partial charge is 0.228 e. The van der Waals surface area contributed by atoms with E-state index in [1.165, 1.54) is 19.3 Å². The van der Waals surface area contributed by atoms with Gasteiger partial charge in [0, 0.05) is 11.6 Å². The molecule has 3 aliphatic carbocycles. The van der Waals surface area contributed by atoms with Gasteiger partial charge in [0.2, 0.25) is 5.91 Å². The van der Waals surface area contributed by atoms with Crippen LogP contribution in [0.5, 0.6) is 5.75 Å². The fourth-order valence-electron chi connectivity index (χ4n) is 4.71. The zero-order valence-electron chi connectivity index (χ0n) is 11.6. The van der Waals surface area contributed by atoms with Gasteiger partial charge in [-0.2, -0.15) is 0 Å². The molecule has 0 spiro atoms. The number of nitrogen functional groups attached to an aromatic ring is 1. The molecule has 2 bridgehead atoms. The van der Waals surface area contributed by atoms with Gasteiger partial charge < -0.3 is 15.8 Å². The molecule has 1 aromatic rings. The molecule has 0 radical (unpaired) electrons. The summed E-state index contributed by atoms with van der Waals surface area (Å²) in [6, 6.07) is 5.41. The fourth-order valence-corrected chi connectivity index (χ4v) is 4.71. The van der Waals surface area contributed by atoms with E-state index in [1.54, 1.807) is 19.2 Å². The zero-order chi connectivity index (χ0) is 13.9. The van der Waals surface area contributed by atoms with E-state index in [0.717, 1.165) is 17.5 Å². The third-order valence-corrected chi connectivity index (χ3v) is 5.54. The predicted octanol–water partition coefficient (Wildman–Crippen LogP) is 2.51. The minimum absolute atomic E-state index is 0.182. The van der Waals surface area contributed by atoms with Gasteiger partial charge in [-0.1, -0.05) is 0 Å². The number of carbonyl (C=O) groups is 1. The Balaban J connectivity index is 1.45. The lowest BCUT2D eigenvalue weighted by Crippen LogP contribution is -2.18. The predicted molar refractivity (Wildman–Crippen MR) is 77.3 cm³/mol. The maximum atomic E-state index is 12.4. The van der Waals surface area contributed by atoms with E-state index in [0.29, 0.717) is 23.3 Å². The summed E-state index contributed by atoms with van der Waals surface area (Å²) in [5.74, 6) is 4.06. The van der Waals surface area contributed by atoms with Crippen LogP contribution in [-0.2, 0) is 4.79 Å². The van der Waals surface area contributed by atoms with Crippen LogP contribution in [0.25, 0.3) is 0 Å². The van der Waals surface area contributed by atoms with Crippen LogP contribution in [0.3, 0.4) is 0 Å². The number of methoxy groups -OCH3 is 1. The quantitative estimate of drug-likeness (QED) is 0.831. The summed E-state index contributed by atoms with van der Waals surface area (Å²) in [5, 5.41) is 3.02. The van der Waals surface area contributed by atoms with Crippen LogP contribution >= 0.6 is 0 Å². The van der Waals surface area contributed by atoms with E-state index in [1.807, 2.05) is 6.07 Å². The highest BCUT2D eigenvalue weighted by Crippen LogP contribution is 2.69. The van der Waals surface area contributed by atoms with Gasteiger partial charge in [0.1, 0.15) is 5.75 Å². The molecule has 4 unspecified atom stereocenters. The van der Waals surface area contributed by atoms with Gasteiger partial charge >= 0.3 is 0 Å². The van der Waals surface area contributed by atoms with Crippen LogP contribution in [0.15, 0.2) is 18.2 Å². The molecule has 4 atom stereocenters. The monoisotopic (exact) mass is 272 g/mol. The molecule has 3 fully saturated rings. The second-order valence-electron chi connectivity index (χ2n) is 6.46. The van der Waals surface area contributed by atoms with Crippen LogP contribution in [0.2, 0.25) is 0 Å². The molecule has 20 heavy (non-hydrogen) atoms. The number of hydrogen-bond donors (Lipinski definition) is 2. The molecular formula is C16H20N2O2. The van der Waals surface area contributed by atoms with Crippen molar-refractivity contribution >= 4 is 17.3 Å². The van der Waals surface area contributed by atoms with Crippen molar-refractivity contribution in [1.82, 2.24) is 0 Å². The Morgan fingerprint density at radius 1 is 1.30 bits per heavy atom. The van der Waals surface area contributed by atoms with Crippen molar-refractivity contribution in [1.29, 1.82) is 0 Å². The molecule has 0 saturated heterocycles. The second-order valence-corrected chi connectivity index (χ2v) is 6.46. The minimum Gasteiger partial charge on any atom is -0.495 e. The lowest BCUT2D eigenvalue weighted by molar-refractivity contribution is -0.118. The molecule has 4 heteroatoms. The van der Waals surface area contributed by atoms with Crippen molar-refractivity contribution in [3.63, 3.8) is 0 Å². The molecule has 0 heterocycles. The number of nitrogens with two attached hydrogens (primary N) is 1.